The third-order valence-corrected chi connectivity index (χ3v) is 7.65. The van der Waals surface area contributed by atoms with Crippen LogP contribution in [0.2, 0.25) is 0 Å². The number of anilines is 1. The van der Waals surface area contributed by atoms with Gasteiger partial charge in [-0.1, -0.05) is 47.6 Å². The van der Waals surface area contributed by atoms with Crippen LogP contribution in [-0.2, 0) is 4.84 Å². The highest BCUT2D eigenvalue weighted by molar-refractivity contribution is 5.99. The number of benzene rings is 2. The lowest BCUT2D eigenvalue weighted by atomic mass is 9.52. The molecule has 6 nitrogen and oxygen atoms in total. The highest BCUT2D eigenvalue weighted by atomic mass is 16.8. The molecule has 0 radical (unpaired) electrons. The van der Waals surface area contributed by atoms with Gasteiger partial charge in [0.05, 0.1) is 5.69 Å². The molecule has 2 aromatic rings. The molecule has 1 atom stereocenters. The lowest BCUT2D eigenvalue weighted by molar-refractivity contribution is -0.116. The van der Waals surface area contributed by atoms with Crippen molar-refractivity contribution in [2.24, 2.45) is 22.9 Å². The van der Waals surface area contributed by atoms with Gasteiger partial charge in [-0.05, 0) is 68.4 Å². The third kappa shape index (κ3) is 2.81. The Bertz CT molecular complexity index is 922. The van der Waals surface area contributed by atoms with E-state index in [4.69, 9.17) is 4.84 Å². The summed E-state index contributed by atoms with van der Waals surface area (Å²) < 4.78 is 0. The molecule has 0 aromatic heterocycles. The van der Waals surface area contributed by atoms with Gasteiger partial charge in [0.1, 0.15) is 0 Å². The number of hydrogen-bond donors (Lipinski definition) is 1. The molecule has 0 spiro atoms. The maximum Gasteiger partial charge on any atom is 0.227 e. The Morgan fingerprint density at radius 3 is 2.10 bits per heavy atom. The minimum atomic E-state index is -0.315. The first-order valence-corrected chi connectivity index (χ1v) is 11.0. The van der Waals surface area contributed by atoms with Crippen molar-refractivity contribution in [3.05, 3.63) is 70.9 Å². The van der Waals surface area contributed by atoms with E-state index in [2.05, 4.69) is 22.2 Å². The van der Waals surface area contributed by atoms with Crippen LogP contribution in [0.1, 0.15) is 55.9 Å². The Balaban J connectivity index is 1.41. The second-order valence-corrected chi connectivity index (χ2v) is 9.62. The van der Waals surface area contributed by atoms with E-state index in [1.54, 1.807) is 12.1 Å². The molecule has 1 N–H and O–H groups in total. The fourth-order valence-corrected chi connectivity index (χ4v) is 6.89. The Hall–Kier alpha value is -2.57. The molecular weight excluding hydrogens is 378 g/mol. The minimum Gasteiger partial charge on any atom is -0.733 e. The lowest BCUT2D eigenvalue weighted by Gasteiger charge is -2.60. The maximum absolute atomic E-state index is 11.2. The second kappa shape index (κ2) is 6.72. The topological polar surface area (TPSA) is 71.4 Å². The van der Waals surface area contributed by atoms with Crippen molar-refractivity contribution in [2.45, 2.75) is 50.3 Å². The summed E-state index contributed by atoms with van der Waals surface area (Å²) in [6.07, 6.45) is 7.42. The molecule has 156 valence electrons. The molecule has 4 aliphatic carbocycles. The maximum atomic E-state index is 11.2. The van der Waals surface area contributed by atoms with Gasteiger partial charge in [-0.25, -0.2) is 0 Å². The molecule has 0 amide bonds. The molecule has 2 aromatic carbocycles. The minimum absolute atomic E-state index is 0.0742. The predicted octanol–water partition coefficient (Wildman–Crippen LogP) is 5.04. The van der Waals surface area contributed by atoms with Crippen molar-refractivity contribution in [3.63, 3.8) is 0 Å². The summed E-state index contributed by atoms with van der Waals surface area (Å²) in [5.74, 6) is 3.33. The van der Waals surface area contributed by atoms with Crippen LogP contribution in [0.5, 0.6) is 0 Å². The number of oxime groups is 1. The van der Waals surface area contributed by atoms with Crippen LogP contribution >= 0.6 is 0 Å². The Kier molecular flexibility index (Phi) is 4.08. The molecular formula is C24H26N3O3-. The first kappa shape index (κ1) is 18.2. The van der Waals surface area contributed by atoms with Crippen molar-refractivity contribution in [3.8, 4) is 0 Å². The van der Waals surface area contributed by atoms with Gasteiger partial charge in [0.15, 0.2) is 5.84 Å². The van der Waals surface area contributed by atoms with Gasteiger partial charge in [0.25, 0.3) is 0 Å². The molecule has 0 saturated heterocycles. The average Bonchev–Trinajstić information content (AvgIpc) is 3.20. The molecule has 1 aliphatic heterocycles. The molecule has 6 heteroatoms. The van der Waals surface area contributed by atoms with E-state index in [-0.39, 0.29) is 22.7 Å². The van der Waals surface area contributed by atoms with Crippen LogP contribution in [0.15, 0.2) is 59.8 Å². The van der Waals surface area contributed by atoms with E-state index in [0.717, 1.165) is 34.7 Å². The molecule has 4 saturated carbocycles. The van der Waals surface area contributed by atoms with Gasteiger partial charge in [0, 0.05) is 16.7 Å². The average molecular weight is 404 g/mol. The van der Waals surface area contributed by atoms with Gasteiger partial charge in [-0.3, -0.25) is 5.21 Å². The Labute approximate surface area is 176 Å². The third-order valence-electron chi connectivity index (χ3n) is 7.65. The van der Waals surface area contributed by atoms with E-state index in [9.17, 15) is 10.4 Å². The fraction of sp³-hybridized carbons (Fsp3) is 0.458. The molecule has 1 heterocycles. The summed E-state index contributed by atoms with van der Waals surface area (Å²) >= 11 is 0. The largest absolute Gasteiger partial charge is 0.733 e. The van der Waals surface area contributed by atoms with Crippen LogP contribution in [0.3, 0.4) is 0 Å². The van der Waals surface area contributed by atoms with Crippen LogP contribution in [0.4, 0.5) is 5.69 Å². The van der Waals surface area contributed by atoms with Gasteiger partial charge in [0.2, 0.25) is 6.23 Å². The Morgan fingerprint density at radius 1 is 0.933 bits per heavy atom. The van der Waals surface area contributed by atoms with Crippen LogP contribution in [0, 0.1) is 23.0 Å². The standard InChI is InChI=1S/C24H26N3O3/c28-27(29)21-8-6-20(7-9-21)23-26(22(25-30-23)19-4-2-1-3-5-19)24-13-16-10-17(14-24)12-18(11-16)15-24/h1-9,16-18,23,28H,10-15H2/q-1. The van der Waals surface area contributed by atoms with Crippen molar-refractivity contribution >= 4 is 11.5 Å². The summed E-state index contributed by atoms with van der Waals surface area (Å²) in [5.41, 5.74) is 2.31. The van der Waals surface area contributed by atoms with Crippen molar-refractivity contribution < 1.29 is 10.0 Å². The van der Waals surface area contributed by atoms with E-state index < -0.39 is 0 Å². The predicted molar refractivity (Wildman–Crippen MR) is 114 cm³/mol. The zero-order chi connectivity index (χ0) is 20.3. The molecule has 1 unspecified atom stereocenters. The van der Waals surface area contributed by atoms with Crippen molar-refractivity contribution in [1.82, 2.24) is 4.90 Å². The first-order valence-electron chi connectivity index (χ1n) is 11.0. The summed E-state index contributed by atoms with van der Waals surface area (Å²) in [5, 5.41) is 24.9. The number of rotatable bonds is 4. The van der Waals surface area contributed by atoms with E-state index in [1.165, 1.54) is 38.5 Å². The van der Waals surface area contributed by atoms with Crippen LogP contribution in [0.25, 0.3) is 0 Å². The molecule has 30 heavy (non-hydrogen) atoms. The highest BCUT2D eigenvalue weighted by Crippen LogP contribution is 2.60. The summed E-state index contributed by atoms with van der Waals surface area (Å²) in [6, 6.07) is 17.3. The smallest absolute Gasteiger partial charge is 0.227 e. The van der Waals surface area contributed by atoms with Crippen LogP contribution in [-0.4, -0.2) is 21.5 Å². The molecule has 5 aliphatic rings. The second-order valence-electron chi connectivity index (χ2n) is 9.62. The quantitative estimate of drug-likeness (QED) is 0.723. The lowest BCUT2D eigenvalue weighted by Crippen LogP contribution is -2.61. The van der Waals surface area contributed by atoms with Crippen molar-refractivity contribution in [1.29, 1.82) is 0 Å². The summed E-state index contributed by atoms with van der Waals surface area (Å²) in [6.45, 7) is 0. The molecule has 7 rings (SSSR count). The monoisotopic (exact) mass is 404 g/mol. The van der Waals surface area contributed by atoms with Crippen LogP contribution < -0.4 is 5.23 Å². The molecule has 4 bridgehead atoms. The van der Waals surface area contributed by atoms with Gasteiger partial charge >= 0.3 is 0 Å². The summed E-state index contributed by atoms with van der Waals surface area (Å²) in [7, 11) is 0. The first-order chi connectivity index (χ1) is 14.6. The highest BCUT2D eigenvalue weighted by Gasteiger charge is 2.57. The number of hydrogen-bond acceptors (Lipinski definition) is 6. The van der Waals surface area contributed by atoms with Gasteiger partial charge in [-0.15, -0.1) is 0 Å². The van der Waals surface area contributed by atoms with E-state index in [0.29, 0.717) is 0 Å². The van der Waals surface area contributed by atoms with E-state index >= 15 is 0 Å². The Morgan fingerprint density at radius 2 is 1.53 bits per heavy atom. The fourth-order valence-electron chi connectivity index (χ4n) is 6.89. The van der Waals surface area contributed by atoms with Gasteiger partial charge in [-0.2, -0.15) is 0 Å². The normalized spacial score (nSPS) is 34.1. The van der Waals surface area contributed by atoms with E-state index in [1.807, 2.05) is 30.3 Å². The van der Waals surface area contributed by atoms with Crippen molar-refractivity contribution in [2.75, 3.05) is 5.23 Å². The zero-order valence-corrected chi connectivity index (χ0v) is 16.9. The number of amidine groups is 1. The summed E-state index contributed by atoms with van der Waals surface area (Å²) in [4.78, 5) is 8.52. The molecule has 4 fully saturated rings. The van der Waals surface area contributed by atoms with Gasteiger partial charge < -0.3 is 20.2 Å². The zero-order valence-electron chi connectivity index (χ0n) is 16.9. The number of nitrogens with zero attached hydrogens (tertiary/aromatic N) is 3. The SMILES string of the molecule is [O-]N(O)c1ccc(C2ON=C(c3ccccc3)N2C23CC4CC(CC(C4)C2)C3)cc1.